The zero-order valence-corrected chi connectivity index (χ0v) is 8.71. The van der Waals surface area contributed by atoms with Crippen molar-refractivity contribution in [2.45, 2.75) is 17.2 Å². The largest absolute Gasteiger partial charge is 0.447 e. The maximum Gasteiger partial charge on any atom is 0.181 e. The third-order valence-electron chi connectivity index (χ3n) is 3.13. The van der Waals surface area contributed by atoms with Gasteiger partial charge in [-0.25, -0.2) is 4.98 Å². The van der Waals surface area contributed by atoms with Crippen molar-refractivity contribution in [3.63, 3.8) is 0 Å². The highest BCUT2D eigenvalue weighted by atomic mass is 79.9. The second-order valence-electron chi connectivity index (χ2n) is 3.83. The van der Waals surface area contributed by atoms with Crippen LogP contribution in [0.25, 0.3) is 0 Å². The monoisotopic (exact) mass is 243 g/mol. The van der Waals surface area contributed by atoms with Crippen LogP contribution in [0.5, 0.6) is 0 Å². The third kappa shape index (κ3) is 0.958. The summed E-state index contributed by atoms with van der Waals surface area (Å²) in [7, 11) is 0. The van der Waals surface area contributed by atoms with Crippen molar-refractivity contribution in [3.8, 4) is 0 Å². The van der Waals surface area contributed by atoms with Gasteiger partial charge in [-0.2, -0.15) is 0 Å². The van der Waals surface area contributed by atoms with Crippen LogP contribution in [0.3, 0.4) is 0 Å². The number of nitrogens with zero attached hydrogens (tertiary/aromatic N) is 1. The van der Waals surface area contributed by atoms with E-state index in [0.29, 0.717) is 5.92 Å². The fourth-order valence-corrected chi connectivity index (χ4v) is 2.67. The second-order valence-corrected chi connectivity index (χ2v) is 4.39. The summed E-state index contributed by atoms with van der Waals surface area (Å²) in [6, 6.07) is 0. The molecule has 0 amide bonds. The van der Waals surface area contributed by atoms with Gasteiger partial charge in [-0.3, -0.25) is 0 Å². The van der Waals surface area contributed by atoms with E-state index in [1.165, 1.54) is 12.8 Å². The van der Waals surface area contributed by atoms with E-state index in [9.17, 15) is 0 Å². The molecule has 2 aliphatic rings. The molecule has 3 nitrogen and oxygen atoms in total. The van der Waals surface area contributed by atoms with Gasteiger partial charge >= 0.3 is 0 Å². The summed E-state index contributed by atoms with van der Waals surface area (Å²) in [4.78, 5) is 4.18. The Morgan fingerprint density at radius 1 is 1.69 bits per heavy atom. The summed E-state index contributed by atoms with van der Waals surface area (Å²) in [5.41, 5.74) is 1.23. The van der Waals surface area contributed by atoms with Crippen LogP contribution in [-0.2, 0) is 15.5 Å². The maximum atomic E-state index is 5.46. The van der Waals surface area contributed by atoms with E-state index in [1.807, 2.05) is 0 Å². The number of oxazole rings is 1. The topological polar surface area (TPSA) is 35.3 Å². The molecule has 0 aromatic carbocycles. The van der Waals surface area contributed by atoms with E-state index >= 15 is 0 Å². The van der Waals surface area contributed by atoms with Gasteiger partial charge in [0, 0.05) is 5.33 Å². The van der Waals surface area contributed by atoms with E-state index in [1.54, 1.807) is 0 Å². The van der Waals surface area contributed by atoms with Crippen molar-refractivity contribution in [2.75, 3.05) is 13.2 Å². The van der Waals surface area contributed by atoms with Crippen LogP contribution in [0.1, 0.15) is 17.9 Å². The number of alkyl halides is 1. The molecular formula is C9H10BrNO2. The van der Waals surface area contributed by atoms with Crippen LogP contribution in [0.4, 0.5) is 0 Å². The summed E-state index contributed by atoms with van der Waals surface area (Å²) >= 11 is 3.41. The van der Waals surface area contributed by atoms with Gasteiger partial charge in [0.25, 0.3) is 0 Å². The van der Waals surface area contributed by atoms with Gasteiger partial charge in [0.05, 0.1) is 24.3 Å². The highest BCUT2D eigenvalue weighted by molar-refractivity contribution is 9.08. The molecule has 1 saturated carbocycles. The van der Waals surface area contributed by atoms with Crippen molar-refractivity contribution in [3.05, 3.63) is 17.8 Å². The number of fused-ring (bicyclic) bond motifs is 1. The van der Waals surface area contributed by atoms with Crippen molar-refractivity contribution in [1.29, 1.82) is 0 Å². The number of hydrogen-bond acceptors (Lipinski definition) is 3. The molecule has 0 bridgehead atoms. The summed E-state index contributed by atoms with van der Waals surface area (Å²) in [5.74, 6) is 1.73. The molecule has 1 aromatic heterocycles. The first kappa shape index (κ1) is 8.00. The molecule has 1 aromatic rings. The van der Waals surface area contributed by atoms with E-state index in [4.69, 9.17) is 9.15 Å². The molecule has 2 unspecified atom stereocenters. The predicted octanol–water partition coefficient (Wildman–Crippen LogP) is 1.86. The first-order chi connectivity index (χ1) is 6.37. The highest BCUT2D eigenvalue weighted by Gasteiger charge is 2.62. The molecule has 0 radical (unpaired) electrons. The molecule has 4 heteroatoms. The van der Waals surface area contributed by atoms with Crippen molar-refractivity contribution < 1.29 is 9.15 Å². The molecule has 1 saturated heterocycles. The Balaban J connectivity index is 2.00. The van der Waals surface area contributed by atoms with Crippen LogP contribution < -0.4 is 0 Å². The molecule has 0 spiro atoms. The fourth-order valence-electron chi connectivity index (χ4n) is 2.27. The minimum atomic E-state index is 0.194. The van der Waals surface area contributed by atoms with E-state index in [2.05, 4.69) is 20.9 Å². The van der Waals surface area contributed by atoms with Gasteiger partial charge in [0.1, 0.15) is 5.76 Å². The highest BCUT2D eigenvalue weighted by Crippen LogP contribution is 2.58. The quantitative estimate of drug-likeness (QED) is 0.745. The lowest BCUT2D eigenvalue weighted by Gasteiger charge is -2.07. The van der Waals surface area contributed by atoms with Crippen molar-refractivity contribution >= 4 is 15.9 Å². The molecule has 13 heavy (non-hydrogen) atoms. The summed E-state index contributed by atoms with van der Waals surface area (Å²) < 4.78 is 10.9. The standard InChI is InChI=1S/C9H10BrNO2/c10-2-7-8(13-5-11-7)9-1-6(9)3-12-4-9/h5-6H,1-4H2. The maximum absolute atomic E-state index is 5.46. The Kier molecular flexibility index (Phi) is 1.58. The summed E-state index contributed by atoms with van der Waals surface area (Å²) in [5, 5.41) is 0.771. The molecule has 2 heterocycles. The summed E-state index contributed by atoms with van der Waals surface area (Å²) in [6.07, 6.45) is 2.75. The number of ether oxygens (including phenoxy) is 1. The van der Waals surface area contributed by atoms with Gasteiger partial charge in [-0.15, -0.1) is 0 Å². The molecule has 1 aliphatic heterocycles. The van der Waals surface area contributed by atoms with Crippen LogP contribution in [0.15, 0.2) is 10.8 Å². The van der Waals surface area contributed by atoms with E-state index < -0.39 is 0 Å². The zero-order valence-electron chi connectivity index (χ0n) is 7.12. The third-order valence-corrected chi connectivity index (χ3v) is 3.66. The van der Waals surface area contributed by atoms with Gasteiger partial charge in [-0.05, 0) is 12.3 Å². The Labute approximate surface area is 84.6 Å². The molecule has 3 rings (SSSR count). The Bertz CT molecular complexity index is 338. The minimum absolute atomic E-state index is 0.194. The van der Waals surface area contributed by atoms with Gasteiger partial charge in [0.2, 0.25) is 0 Å². The lowest BCUT2D eigenvalue weighted by atomic mass is 10.0. The zero-order chi connectivity index (χ0) is 8.89. The first-order valence-corrected chi connectivity index (χ1v) is 5.55. The molecular weight excluding hydrogens is 234 g/mol. The Morgan fingerprint density at radius 3 is 3.23 bits per heavy atom. The van der Waals surface area contributed by atoms with Gasteiger partial charge in [-0.1, -0.05) is 15.9 Å². The van der Waals surface area contributed by atoms with E-state index in [0.717, 1.165) is 30.0 Å². The number of aromatic nitrogens is 1. The average Bonchev–Trinajstić information content (AvgIpc) is 2.59. The molecule has 0 N–H and O–H groups in total. The van der Waals surface area contributed by atoms with Crippen molar-refractivity contribution in [2.24, 2.45) is 5.92 Å². The molecule has 70 valence electrons. The minimum Gasteiger partial charge on any atom is -0.447 e. The van der Waals surface area contributed by atoms with Crippen LogP contribution in [0, 0.1) is 5.92 Å². The number of halogens is 1. The lowest BCUT2D eigenvalue weighted by Crippen LogP contribution is -2.12. The molecule has 2 fully saturated rings. The van der Waals surface area contributed by atoms with E-state index in [-0.39, 0.29) is 5.41 Å². The number of hydrogen-bond donors (Lipinski definition) is 0. The fraction of sp³-hybridized carbons (Fsp3) is 0.667. The van der Waals surface area contributed by atoms with Gasteiger partial charge in [0.15, 0.2) is 6.39 Å². The predicted molar refractivity (Wildman–Crippen MR) is 49.7 cm³/mol. The summed E-state index contributed by atoms with van der Waals surface area (Å²) in [6.45, 7) is 1.70. The molecule has 2 atom stereocenters. The Hall–Kier alpha value is -0.350. The smallest absolute Gasteiger partial charge is 0.181 e. The normalized spacial score (nSPS) is 36.2. The van der Waals surface area contributed by atoms with Gasteiger partial charge < -0.3 is 9.15 Å². The second kappa shape index (κ2) is 2.58. The Morgan fingerprint density at radius 2 is 2.62 bits per heavy atom. The van der Waals surface area contributed by atoms with Crippen molar-refractivity contribution in [1.82, 2.24) is 4.98 Å². The lowest BCUT2D eigenvalue weighted by molar-refractivity contribution is 0.156. The van der Waals surface area contributed by atoms with Crippen LogP contribution >= 0.6 is 15.9 Å². The number of rotatable bonds is 2. The SMILES string of the molecule is BrCc1ncoc1C12COCC1C2. The van der Waals surface area contributed by atoms with Crippen LogP contribution in [-0.4, -0.2) is 18.2 Å². The molecule has 1 aliphatic carbocycles. The average molecular weight is 244 g/mol. The first-order valence-electron chi connectivity index (χ1n) is 4.43. The van der Waals surface area contributed by atoms with Crippen LogP contribution in [0.2, 0.25) is 0 Å².